The molecular formula is C14H24FN5. The van der Waals surface area contributed by atoms with E-state index in [1.165, 1.54) is 25.7 Å². The van der Waals surface area contributed by atoms with Gasteiger partial charge in [-0.15, -0.1) is 0 Å². The smallest absolute Gasteiger partial charge is 0.239 e. The van der Waals surface area contributed by atoms with Crippen LogP contribution in [0.25, 0.3) is 0 Å². The Bertz CT molecular complexity index is 443. The van der Waals surface area contributed by atoms with Gasteiger partial charge in [0.1, 0.15) is 0 Å². The zero-order valence-corrected chi connectivity index (χ0v) is 12.2. The van der Waals surface area contributed by atoms with Gasteiger partial charge in [-0.3, -0.25) is 5.43 Å². The zero-order chi connectivity index (χ0) is 14.6. The number of hydrazine groups is 1. The number of rotatable bonds is 6. The number of anilines is 2. The van der Waals surface area contributed by atoms with Crippen molar-refractivity contribution in [3.05, 3.63) is 12.0 Å². The third kappa shape index (κ3) is 3.56. The molecule has 5 nitrogen and oxygen atoms in total. The van der Waals surface area contributed by atoms with Crippen LogP contribution in [-0.2, 0) is 0 Å². The highest BCUT2D eigenvalue weighted by Crippen LogP contribution is 2.43. The van der Waals surface area contributed by atoms with Crippen molar-refractivity contribution in [2.24, 2.45) is 17.2 Å². The molecule has 0 aliphatic heterocycles. The topological polar surface area (TPSA) is 75.9 Å². The molecule has 1 aromatic heterocycles. The number of halogens is 1. The molecule has 1 aromatic rings. The maximum absolute atomic E-state index is 13.7. The summed E-state index contributed by atoms with van der Waals surface area (Å²) in [6.45, 7) is 5.23. The maximum atomic E-state index is 13.7. The summed E-state index contributed by atoms with van der Waals surface area (Å²) in [6.07, 6.45) is 7.22. The van der Waals surface area contributed by atoms with Gasteiger partial charge in [0.25, 0.3) is 0 Å². The van der Waals surface area contributed by atoms with Gasteiger partial charge in [-0.1, -0.05) is 26.7 Å². The normalized spacial score (nSPS) is 17.4. The lowest BCUT2D eigenvalue weighted by atomic mass is 9.78. The van der Waals surface area contributed by atoms with Crippen LogP contribution in [0.1, 0.15) is 46.0 Å². The van der Waals surface area contributed by atoms with Crippen molar-refractivity contribution >= 4 is 11.8 Å². The van der Waals surface area contributed by atoms with E-state index < -0.39 is 5.82 Å². The van der Waals surface area contributed by atoms with E-state index in [0.717, 1.165) is 19.2 Å². The third-order valence-electron chi connectivity index (χ3n) is 4.01. The molecule has 1 aliphatic carbocycles. The Labute approximate surface area is 119 Å². The minimum absolute atomic E-state index is 0.221. The Morgan fingerprint density at radius 3 is 2.70 bits per heavy atom. The molecule has 0 aromatic carbocycles. The van der Waals surface area contributed by atoms with Gasteiger partial charge in [0.05, 0.1) is 6.20 Å². The average molecular weight is 281 g/mol. The molecule has 6 heteroatoms. The predicted molar refractivity (Wildman–Crippen MR) is 78.6 cm³/mol. The second-order valence-electron chi connectivity index (χ2n) is 6.19. The van der Waals surface area contributed by atoms with Crippen molar-refractivity contribution in [2.45, 2.75) is 46.0 Å². The summed E-state index contributed by atoms with van der Waals surface area (Å²) in [4.78, 5) is 7.77. The molecule has 0 saturated heterocycles. The second kappa shape index (κ2) is 6.35. The highest BCUT2D eigenvalue weighted by Gasteiger charge is 2.34. The Kier molecular flexibility index (Phi) is 4.75. The van der Waals surface area contributed by atoms with Gasteiger partial charge in [0.2, 0.25) is 5.95 Å². The summed E-state index contributed by atoms with van der Waals surface area (Å²) in [5.41, 5.74) is 2.60. The molecule has 0 bridgehead atoms. The van der Waals surface area contributed by atoms with E-state index >= 15 is 0 Å². The summed E-state index contributed by atoms with van der Waals surface area (Å²) in [6, 6.07) is 0. The second-order valence-corrected chi connectivity index (χ2v) is 6.19. The fraction of sp³-hybridized carbons (Fsp3) is 0.714. The van der Waals surface area contributed by atoms with Gasteiger partial charge in [0.15, 0.2) is 11.6 Å². The van der Waals surface area contributed by atoms with E-state index in [9.17, 15) is 4.39 Å². The lowest BCUT2D eigenvalue weighted by molar-refractivity contribution is 0.252. The van der Waals surface area contributed by atoms with Gasteiger partial charge in [-0.05, 0) is 30.6 Å². The highest BCUT2D eigenvalue weighted by molar-refractivity contribution is 5.40. The van der Waals surface area contributed by atoms with E-state index in [-0.39, 0.29) is 17.2 Å². The lowest BCUT2D eigenvalue weighted by Crippen LogP contribution is -2.29. The molecule has 20 heavy (non-hydrogen) atoms. The number of nitrogens with two attached hydrogens (primary N) is 1. The summed E-state index contributed by atoms with van der Waals surface area (Å²) >= 11 is 0. The number of hydrogen-bond donors (Lipinski definition) is 3. The quantitative estimate of drug-likeness (QED) is 0.552. The Morgan fingerprint density at radius 1 is 1.40 bits per heavy atom. The number of nitrogens with zero attached hydrogens (tertiary/aromatic N) is 2. The molecule has 1 fully saturated rings. The van der Waals surface area contributed by atoms with Crippen LogP contribution in [0, 0.1) is 17.2 Å². The van der Waals surface area contributed by atoms with Gasteiger partial charge < -0.3 is 5.32 Å². The van der Waals surface area contributed by atoms with Gasteiger partial charge in [-0.25, -0.2) is 15.2 Å². The van der Waals surface area contributed by atoms with Gasteiger partial charge in [-0.2, -0.15) is 4.98 Å². The fourth-order valence-corrected chi connectivity index (χ4v) is 3.28. The first kappa shape index (κ1) is 15.0. The molecule has 112 valence electrons. The molecular weight excluding hydrogens is 257 g/mol. The van der Waals surface area contributed by atoms with E-state index in [1.807, 2.05) is 0 Å². The van der Waals surface area contributed by atoms with Crippen LogP contribution < -0.4 is 16.6 Å². The van der Waals surface area contributed by atoms with Crippen molar-refractivity contribution in [1.82, 2.24) is 9.97 Å². The summed E-state index contributed by atoms with van der Waals surface area (Å²) in [7, 11) is 0. The monoisotopic (exact) mass is 281 g/mol. The molecule has 0 unspecified atom stereocenters. The Balaban J connectivity index is 2.06. The largest absolute Gasteiger partial charge is 0.367 e. The molecule has 0 radical (unpaired) electrons. The van der Waals surface area contributed by atoms with Crippen LogP contribution in [0.2, 0.25) is 0 Å². The van der Waals surface area contributed by atoms with Crippen molar-refractivity contribution in [3.8, 4) is 0 Å². The first-order chi connectivity index (χ1) is 9.54. The van der Waals surface area contributed by atoms with Crippen LogP contribution >= 0.6 is 0 Å². The van der Waals surface area contributed by atoms with Crippen LogP contribution in [0.5, 0.6) is 0 Å². The molecule has 0 spiro atoms. The molecule has 2 rings (SSSR count). The zero-order valence-electron chi connectivity index (χ0n) is 12.2. The van der Waals surface area contributed by atoms with Crippen LogP contribution in [0.15, 0.2) is 6.20 Å². The fourth-order valence-electron chi connectivity index (χ4n) is 3.28. The Hall–Kier alpha value is -1.43. The van der Waals surface area contributed by atoms with Gasteiger partial charge in [0, 0.05) is 6.54 Å². The van der Waals surface area contributed by atoms with E-state index in [0.29, 0.717) is 5.92 Å². The average Bonchev–Trinajstić information content (AvgIpc) is 2.86. The first-order valence-electron chi connectivity index (χ1n) is 7.28. The minimum atomic E-state index is -0.443. The van der Waals surface area contributed by atoms with Crippen LogP contribution in [0.3, 0.4) is 0 Å². The standard InChI is InChI=1S/C14H24FN5/c1-10(2)7-14(5-3-4-6-14)9-18-12-11(15)8-17-13(19-12)20-16/h8,10H,3-7,9,16H2,1-2H3,(H2,17,18,19,20). The van der Waals surface area contributed by atoms with Crippen LogP contribution in [0.4, 0.5) is 16.2 Å². The highest BCUT2D eigenvalue weighted by atomic mass is 19.1. The molecule has 1 heterocycles. The number of aromatic nitrogens is 2. The van der Waals surface area contributed by atoms with Crippen molar-refractivity contribution < 1.29 is 4.39 Å². The van der Waals surface area contributed by atoms with Crippen molar-refractivity contribution in [2.75, 3.05) is 17.3 Å². The first-order valence-corrected chi connectivity index (χ1v) is 7.28. The third-order valence-corrected chi connectivity index (χ3v) is 4.01. The van der Waals surface area contributed by atoms with E-state index in [2.05, 4.69) is 34.6 Å². The van der Waals surface area contributed by atoms with E-state index in [4.69, 9.17) is 5.84 Å². The lowest BCUT2D eigenvalue weighted by Gasteiger charge is -2.31. The summed E-state index contributed by atoms with van der Waals surface area (Å²) in [5.74, 6) is 5.90. The molecule has 0 amide bonds. The number of nitrogen functional groups attached to an aromatic ring is 1. The minimum Gasteiger partial charge on any atom is -0.367 e. The number of hydrogen-bond acceptors (Lipinski definition) is 5. The van der Waals surface area contributed by atoms with Crippen LogP contribution in [-0.4, -0.2) is 16.5 Å². The molecule has 4 N–H and O–H groups in total. The molecule has 1 aliphatic rings. The molecule has 0 atom stereocenters. The predicted octanol–water partition coefficient (Wildman–Crippen LogP) is 2.92. The summed E-state index contributed by atoms with van der Waals surface area (Å²) < 4.78 is 13.7. The maximum Gasteiger partial charge on any atom is 0.239 e. The van der Waals surface area contributed by atoms with Crippen molar-refractivity contribution in [3.63, 3.8) is 0 Å². The van der Waals surface area contributed by atoms with Crippen molar-refractivity contribution in [1.29, 1.82) is 0 Å². The SMILES string of the molecule is CC(C)CC1(CNc2nc(NN)ncc2F)CCCC1. The van der Waals surface area contributed by atoms with Gasteiger partial charge >= 0.3 is 0 Å². The Morgan fingerprint density at radius 2 is 2.10 bits per heavy atom. The number of nitrogens with one attached hydrogen (secondary N) is 2. The molecule has 1 saturated carbocycles. The summed E-state index contributed by atoms with van der Waals surface area (Å²) in [5, 5.41) is 3.15. The van der Waals surface area contributed by atoms with E-state index in [1.54, 1.807) is 0 Å².